The molecular weight excluding hydrogens is 206 g/mol. The minimum absolute atomic E-state index is 0.145. The molecule has 0 atom stereocenters. The zero-order chi connectivity index (χ0) is 11.8. The molecule has 6 nitrogen and oxygen atoms in total. The predicted octanol–water partition coefficient (Wildman–Crippen LogP) is 0.950. The summed E-state index contributed by atoms with van der Waals surface area (Å²) in [6.45, 7) is 6.00. The minimum Gasteiger partial charge on any atom is -0.351 e. The SMILES string of the molecule is CC(C)(C)Nc1nc(NC2CC2)nc(=O)[nH]1. The average molecular weight is 223 g/mol. The van der Waals surface area contributed by atoms with E-state index in [0.717, 1.165) is 12.8 Å². The molecule has 2 rings (SSSR count). The summed E-state index contributed by atoms with van der Waals surface area (Å²) in [5, 5.41) is 6.21. The van der Waals surface area contributed by atoms with E-state index >= 15 is 0 Å². The first kappa shape index (κ1) is 10.9. The van der Waals surface area contributed by atoms with E-state index in [0.29, 0.717) is 17.9 Å². The van der Waals surface area contributed by atoms with Crippen LogP contribution in [0, 0.1) is 0 Å². The van der Waals surface area contributed by atoms with E-state index < -0.39 is 0 Å². The molecule has 0 amide bonds. The third-order valence-electron chi connectivity index (χ3n) is 2.05. The Balaban J connectivity index is 2.17. The lowest BCUT2D eigenvalue weighted by Crippen LogP contribution is -2.30. The molecule has 1 aromatic rings. The van der Waals surface area contributed by atoms with Crippen molar-refractivity contribution in [1.82, 2.24) is 15.0 Å². The highest BCUT2D eigenvalue weighted by Crippen LogP contribution is 2.22. The second kappa shape index (κ2) is 3.77. The Labute approximate surface area is 93.9 Å². The molecule has 0 bridgehead atoms. The first-order valence-electron chi connectivity index (χ1n) is 5.45. The number of rotatable bonds is 3. The van der Waals surface area contributed by atoms with Crippen LogP contribution in [0.25, 0.3) is 0 Å². The highest BCUT2D eigenvalue weighted by Gasteiger charge is 2.22. The number of nitrogens with one attached hydrogen (secondary N) is 3. The van der Waals surface area contributed by atoms with Crippen molar-refractivity contribution in [2.45, 2.75) is 45.2 Å². The smallest absolute Gasteiger partial charge is 0.350 e. The van der Waals surface area contributed by atoms with Crippen LogP contribution in [-0.4, -0.2) is 26.5 Å². The van der Waals surface area contributed by atoms with Gasteiger partial charge in [-0.15, -0.1) is 0 Å². The van der Waals surface area contributed by atoms with Crippen LogP contribution in [0.1, 0.15) is 33.6 Å². The van der Waals surface area contributed by atoms with E-state index in [2.05, 4.69) is 25.6 Å². The average Bonchev–Trinajstić information content (AvgIpc) is 2.82. The van der Waals surface area contributed by atoms with Gasteiger partial charge in [0.1, 0.15) is 0 Å². The summed E-state index contributed by atoms with van der Waals surface area (Å²) in [5.41, 5.74) is -0.529. The lowest BCUT2D eigenvalue weighted by Gasteiger charge is -2.20. The molecule has 0 radical (unpaired) electrons. The maximum atomic E-state index is 11.3. The number of hydrogen-bond acceptors (Lipinski definition) is 5. The number of anilines is 2. The molecular formula is C10H17N5O. The van der Waals surface area contributed by atoms with Crippen LogP contribution in [0.2, 0.25) is 0 Å². The van der Waals surface area contributed by atoms with Crippen molar-refractivity contribution in [2.75, 3.05) is 10.6 Å². The van der Waals surface area contributed by atoms with Gasteiger partial charge in [-0.05, 0) is 33.6 Å². The molecule has 1 saturated carbocycles. The summed E-state index contributed by atoms with van der Waals surface area (Å²) in [7, 11) is 0. The Bertz CT molecular complexity index is 430. The highest BCUT2D eigenvalue weighted by molar-refractivity contribution is 5.36. The molecule has 0 aliphatic heterocycles. The van der Waals surface area contributed by atoms with Gasteiger partial charge in [0.05, 0.1) is 0 Å². The summed E-state index contributed by atoms with van der Waals surface area (Å²) in [6, 6.07) is 0.435. The van der Waals surface area contributed by atoms with Gasteiger partial charge in [0, 0.05) is 11.6 Å². The highest BCUT2D eigenvalue weighted by atomic mass is 16.1. The van der Waals surface area contributed by atoms with E-state index in [1.54, 1.807) is 0 Å². The van der Waals surface area contributed by atoms with Gasteiger partial charge in [0.25, 0.3) is 0 Å². The lowest BCUT2D eigenvalue weighted by molar-refractivity contribution is 0.624. The molecule has 1 aromatic heterocycles. The molecule has 1 fully saturated rings. The van der Waals surface area contributed by atoms with Gasteiger partial charge >= 0.3 is 5.69 Å². The van der Waals surface area contributed by atoms with Crippen LogP contribution in [0.3, 0.4) is 0 Å². The Hall–Kier alpha value is -1.59. The monoisotopic (exact) mass is 223 g/mol. The summed E-state index contributed by atoms with van der Waals surface area (Å²) >= 11 is 0. The van der Waals surface area contributed by atoms with Crippen LogP contribution < -0.4 is 16.3 Å². The van der Waals surface area contributed by atoms with E-state index in [9.17, 15) is 4.79 Å². The summed E-state index contributed by atoms with van der Waals surface area (Å²) < 4.78 is 0. The zero-order valence-corrected chi connectivity index (χ0v) is 9.79. The van der Waals surface area contributed by atoms with Crippen molar-refractivity contribution < 1.29 is 0 Å². The van der Waals surface area contributed by atoms with E-state index in [-0.39, 0.29) is 11.2 Å². The Morgan fingerprint density at radius 2 is 2.00 bits per heavy atom. The van der Waals surface area contributed by atoms with Gasteiger partial charge in [-0.3, -0.25) is 4.98 Å². The third-order valence-corrected chi connectivity index (χ3v) is 2.05. The molecule has 1 heterocycles. The largest absolute Gasteiger partial charge is 0.351 e. The number of aromatic amines is 1. The normalized spacial score (nSPS) is 15.9. The first-order valence-corrected chi connectivity index (χ1v) is 5.45. The molecule has 88 valence electrons. The fourth-order valence-electron chi connectivity index (χ4n) is 1.27. The Morgan fingerprint density at radius 1 is 1.31 bits per heavy atom. The molecule has 0 aromatic carbocycles. The molecule has 1 aliphatic rings. The topological polar surface area (TPSA) is 82.7 Å². The third kappa shape index (κ3) is 3.22. The van der Waals surface area contributed by atoms with Crippen molar-refractivity contribution in [3.63, 3.8) is 0 Å². The number of H-pyrrole nitrogens is 1. The van der Waals surface area contributed by atoms with Gasteiger partial charge in [-0.2, -0.15) is 9.97 Å². The van der Waals surface area contributed by atoms with Gasteiger partial charge in [-0.25, -0.2) is 4.79 Å². The lowest BCUT2D eigenvalue weighted by atomic mass is 10.1. The standard InChI is InChI=1S/C10H17N5O/c1-10(2,3)15-8-12-7(11-6-4-5-6)13-9(16)14-8/h6H,4-5H2,1-3H3,(H3,11,12,13,14,15,16). The Kier molecular flexibility index (Phi) is 2.57. The van der Waals surface area contributed by atoms with Crippen LogP contribution in [-0.2, 0) is 0 Å². The van der Waals surface area contributed by atoms with Crippen LogP contribution in [0.5, 0.6) is 0 Å². The predicted molar refractivity (Wildman–Crippen MR) is 62.7 cm³/mol. The van der Waals surface area contributed by atoms with E-state index in [1.807, 2.05) is 20.8 Å². The van der Waals surface area contributed by atoms with Crippen molar-refractivity contribution in [1.29, 1.82) is 0 Å². The van der Waals surface area contributed by atoms with Crippen molar-refractivity contribution >= 4 is 11.9 Å². The van der Waals surface area contributed by atoms with Crippen molar-refractivity contribution in [2.24, 2.45) is 0 Å². The maximum absolute atomic E-state index is 11.3. The zero-order valence-electron chi connectivity index (χ0n) is 9.79. The second-order valence-electron chi connectivity index (χ2n) is 5.12. The molecule has 3 N–H and O–H groups in total. The molecule has 0 unspecified atom stereocenters. The number of hydrogen-bond donors (Lipinski definition) is 3. The second-order valence-corrected chi connectivity index (χ2v) is 5.12. The molecule has 0 spiro atoms. The van der Waals surface area contributed by atoms with E-state index in [4.69, 9.17) is 0 Å². The Morgan fingerprint density at radius 3 is 2.56 bits per heavy atom. The van der Waals surface area contributed by atoms with Crippen LogP contribution >= 0.6 is 0 Å². The molecule has 6 heteroatoms. The summed E-state index contributed by atoms with van der Waals surface area (Å²) in [6.07, 6.45) is 2.25. The quantitative estimate of drug-likeness (QED) is 0.710. The molecule has 1 aliphatic carbocycles. The summed E-state index contributed by atoms with van der Waals surface area (Å²) in [4.78, 5) is 21.9. The molecule has 16 heavy (non-hydrogen) atoms. The van der Waals surface area contributed by atoms with Crippen LogP contribution in [0.4, 0.5) is 11.9 Å². The van der Waals surface area contributed by atoms with Crippen molar-refractivity contribution in [3.8, 4) is 0 Å². The van der Waals surface area contributed by atoms with Gasteiger partial charge in [0.15, 0.2) is 0 Å². The first-order chi connectivity index (χ1) is 7.42. The van der Waals surface area contributed by atoms with Crippen LogP contribution in [0.15, 0.2) is 4.79 Å². The van der Waals surface area contributed by atoms with Gasteiger partial charge in [-0.1, -0.05) is 0 Å². The number of aromatic nitrogens is 3. The fourth-order valence-corrected chi connectivity index (χ4v) is 1.27. The minimum atomic E-state index is -0.384. The summed E-state index contributed by atoms with van der Waals surface area (Å²) in [5.74, 6) is 0.855. The number of nitrogens with zero attached hydrogens (tertiary/aromatic N) is 2. The molecule has 0 saturated heterocycles. The van der Waals surface area contributed by atoms with E-state index in [1.165, 1.54) is 0 Å². The van der Waals surface area contributed by atoms with Gasteiger partial charge in [0.2, 0.25) is 11.9 Å². The fraction of sp³-hybridized carbons (Fsp3) is 0.700. The maximum Gasteiger partial charge on any atom is 0.350 e. The van der Waals surface area contributed by atoms with Crippen molar-refractivity contribution in [3.05, 3.63) is 10.5 Å². The van der Waals surface area contributed by atoms with Gasteiger partial charge < -0.3 is 10.6 Å².